The summed E-state index contributed by atoms with van der Waals surface area (Å²) in [5.74, 6) is 1.66. The van der Waals surface area contributed by atoms with Gasteiger partial charge in [0.1, 0.15) is 24.7 Å². The molecule has 24 heavy (non-hydrogen) atoms. The Kier molecular flexibility index (Phi) is 14.7. The quantitative estimate of drug-likeness (QED) is 0.258. The van der Waals surface area contributed by atoms with Crippen LogP contribution < -0.4 is 9.47 Å². The van der Waals surface area contributed by atoms with E-state index < -0.39 is 0 Å². The van der Waals surface area contributed by atoms with E-state index in [9.17, 15) is 0 Å². The van der Waals surface area contributed by atoms with E-state index in [0.717, 1.165) is 61.1 Å². The van der Waals surface area contributed by atoms with Crippen LogP contribution in [0.4, 0.5) is 0 Å². The van der Waals surface area contributed by atoms with Gasteiger partial charge in [-0.15, -0.1) is 0 Å². The second-order valence-corrected chi connectivity index (χ2v) is 6.77. The van der Waals surface area contributed by atoms with Crippen LogP contribution in [0.5, 0.6) is 11.5 Å². The summed E-state index contributed by atoms with van der Waals surface area (Å²) in [6, 6.07) is 7.65. The van der Waals surface area contributed by atoms with Crippen LogP contribution in [0.15, 0.2) is 24.3 Å². The van der Waals surface area contributed by atoms with Crippen molar-refractivity contribution >= 4 is 31.9 Å². The lowest BCUT2D eigenvalue weighted by atomic mass is 10.3. The predicted molar refractivity (Wildman–Crippen MR) is 105 cm³/mol. The van der Waals surface area contributed by atoms with E-state index in [4.69, 9.17) is 18.9 Å². The van der Waals surface area contributed by atoms with Gasteiger partial charge in [0.2, 0.25) is 0 Å². The molecule has 0 aliphatic rings. The van der Waals surface area contributed by atoms with Crippen LogP contribution in [0, 0.1) is 0 Å². The average molecular weight is 468 g/mol. The highest BCUT2D eigenvalue weighted by Gasteiger charge is 1.98. The summed E-state index contributed by atoms with van der Waals surface area (Å²) in [5.41, 5.74) is 0. The molecule has 0 bridgehead atoms. The molecular formula is C18H28Br2O4. The lowest BCUT2D eigenvalue weighted by Gasteiger charge is -2.09. The third-order valence-corrected chi connectivity index (χ3v) is 4.28. The van der Waals surface area contributed by atoms with Crippen LogP contribution in [0.2, 0.25) is 0 Å². The van der Waals surface area contributed by atoms with Gasteiger partial charge in [-0.1, -0.05) is 31.9 Å². The Morgan fingerprint density at radius 3 is 1.33 bits per heavy atom. The fourth-order valence-electron chi connectivity index (χ4n) is 1.87. The van der Waals surface area contributed by atoms with Crippen molar-refractivity contribution in [1.29, 1.82) is 0 Å². The number of halogens is 2. The predicted octanol–water partition coefficient (Wildman–Crippen LogP) is 4.83. The van der Waals surface area contributed by atoms with Gasteiger partial charge in [0.15, 0.2) is 0 Å². The van der Waals surface area contributed by atoms with Gasteiger partial charge >= 0.3 is 0 Å². The second-order valence-electron chi connectivity index (χ2n) is 5.19. The molecule has 1 aromatic carbocycles. The lowest BCUT2D eigenvalue weighted by molar-refractivity contribution is 0.0970. The topological polar surface area (TPSA) is 36.9 Å². The molecule has 0 unspecified atom stereocenters. The Labute approximate surface area is 162 Å². The molecule has 1 aromatic rings. The van der Waals surface area contributed by atoms with Gasteiger partial charge in [0, 0.05) is 23.9 Å². The van der Waals surface area contributed by atoms with Gasteiger partial charge in [0.25, 0.3) is 0 Å². The zero-order valence-electron chi connectivity index (χ0n) is 14.2. The van der Waals surface area contributed by atoms with Crippen LogP contribution in [0.25, 0.3) is 0 Å². The molecular weight excluding hydrogens is 440 g/mol. The lowest BCUT2D eigenvalue weighted by Crippen LogP contribution is -2.08. The smallest absolute Gasteiger partial charge is 0.119 e. The fourth-order valence-corrected chi connectivity index (χ4v) is 2.66. The van der Waals surface area contributed by atoms with E-state index in [0.29, 0.717) is 26.4 Å². The number of benzene rings is 1. The van der Waals surface area contributed by atoms with E-state index in [1.807, 2.05) is 24.3 Å². The highest BCUT2D eigenvalue weighted by molar-refractivity contribution is 9.09. The maximum absolute atomic E-state index is 5.63. The standard InChI is InChI=1S/C18H28Br2O4/c19-9-1-3-11-21-13-15-23-17-5-7-18(8-6-17)24-16-14-22-12-4-2-10-20/h5-8H,1-4,9-16H2. The van der Waals surface area contributed by atoms with Crippen molar-refractivity contribution in [3.63, 3.8) is 0 Å². The molecule has 138 valence electrons. The average Bonchev–Trinajstić information content (AvgIpc) is 2.61. The van der Waals surface area contributed by atoms with E-state index in [2.05, 4.69) is 31.9 Å². The number of hydrogen-bond acceptors (Lipinski definition) is 4. The summed E-state index contributed by atoms with van der Waals surface area (Å²) in [4.78, 5) is 0. The Bertz CT molecular complexity index is 350. The molecule has 0 amide bonds. The Balaban J connectivity index is 2.02. The van der Waals surface area contributed by atoms with Gasteiger partial charge in [0.05, 0.1) is 13.2 Å². The summed E-state index contributed by atoms with van der Waals surface area (Å²) in [5, 5.41) is 2.06. The molecule has 0 atom stereocenters. The molecule has 4 nitrogen and oxygen atoms in total. The third kappa shape index (κ3) is 12.1. The minimum Gasteiger partial charge on any atom is -0.491 e. The SMILES string of the molecule is BrCCCCOCCOc1ccc(OCCOCCCCBr)cc1. The molecule has 6 heteroatoms. The molecule has 0 aliphatic carbocycles. The highest BCUT2D eigenvalue weighted by Crippen LogP contribution is 2.17. The van der Waals surface area contributed by atoms with Crippen LogP contribution in [-0.4, -0.2) is 50.3 Å². The molecule has 0 heterocycles. The summed E-state index contributed by atoms with van der Waals surface area (Å²) in [6.07, 6.45) is 4.45. The van der Waals surface area contributed by atoms with Crippen LogP contribution >= 0.6 is 31.9 Å². The number of hydrogen-bond donors (Lipinski definition) is 0. The Morgan fingerprint density at radius 1 is 0.542 bits per heavy atom. The van der Waals surface area contributed by atoms with Gasteiger partial charge in [-0.05, 0) is 49.9 Å². The maximum Gasteiger partial charge on any atom is 0.119 e. The van der Waals surface area contributed by atoms with E-state index in [-0.39, 0.29) is 0 Å². The second kappa shape index (κ2) is 16.2. The van der Waals surface area contributed by atoms with Crippen molar-refractivity contribution in [3.8, 4) is 11.5 Å². The van der Waals surface area contributed by atoms with Gasteiger partial charge in [-0.25, -0.2) is 0 Å². The van der Waals surface area contributed by atoms with Crippen molar-refractivity contribution in [2.24, 2.45) is 0 Å². The summed E-state index contributed by atoms with van der Waals surface area (Å²) < 4.78 is 22.2. The Hall–Kier alpha value is -0.300. The van der Waals surface area contributed by atoms with E-state index >= 15 is 0 Å². The van der Waals surface area contributed by atoms with Crippen molar-refractivity contribution < 1.29 is 18.9 Å². The van der Waals surface area contributed by atoms with Crippen LogP contribution in [0.1, 0.15) is 25.7 Å². The summed E-state index contributed by atoms with van der Waals surface area (Å²) in [6.45, 7) is 3.95. The van der Waals surface area contributed by atoms with E-state index in [1.54, 1.807) is 0 Å². The minimum atomic E-state index is 0.566. The number of rotatable bonds is 16. The van der Waals surface area contributed by atoms with Crippen molar-refractivity contribution in [3.05, 3.63) is 24.3 Å². The first kappa shape index (κ1) is 21.7. The largest absolute Gasteiger partial charge is 0.491 e. The van der Waals surface area contributed by atoms with Crippen LogP contribution in [-0.2, 0) is 9.47 Å². The highest BCUT2D eigenvalue weighted by atomic mass is 79.9. The fraction of sp³-hybridized carbons (Fsp3) is 0.667. The van der Waals surface area contributed by atoms with Gasteiger partial charge in [-0.3, -0.25) is 0 Å². The number of unbranched alkanes of at least 4 members (excludes halogenated alkanes) is 2. The van der Waals surface area contributed by atoms with E-state index in [1.165, 1.54) is 0 Å². The number of ether oxygens (including phenoxy) is 4. The normalized spacial score (nSPS) is 10.8. The maximum atomic E-state index is 5.63. The molecule has 0 N–H and O–H groups in total. The summed E-state index contributed by atoms with van der Waals surface area (Å²) >= 11 is 6.80. The number of alkyl halides is 2. The first-order valence-electron chi connectivity index (χ1n) is 8.50. The van der Waals surface area contributed by atoms with Crippen LogP contribution in [0.3, 0.4) is 0 Å². The zero-order chi connectivity index (χ0) is 17.3. The first-order valence-corrected chi connectivity index (χ1v) is 10.7. The van der Waals surface area contributed by atoms with Crippen molar-refractivity contribution in [1.82, 2.24) is 0 Å². The third-order valence-electron chi connectivity index (χ3n) is 3.16. The molecule has 1 rings (SSSR count). The molecule has 0 spiro atoms. The molecule has 0 aliphatic heterocycles. The van der Waals surface area contributed by atoms with Gasteiger partial charge < -0.3 is 18.9 Å². The first-order chi connectivity index (χ1) is 11.9. The Morgan fingerprint density at radius 2 is 0.958 bits per heavy atom. The molecule has 0 aromatic heterocycles. The zero-order valence-corrected chi connectivity index (χ0v) is 17.4. The molecule has 0 fully saturated rings. The van der Waals surface area contributed by atoms with Gasteiger partial charge in [-0.2, -0.15) is 0 Å². The summed E-state index contributed by atoms with van der Waals surface area (Å²) in [7, 11) is 0. The van der Waals surface area contributed by atoms with Crippen molar-refractivity contribution in [2.45, 2.75) is 25.7 Å². The molecule has 0 saturated carbocycles. The van der Waals surface area contributed by atoms with Crippen molar-refractivity contribution in [2.75, 3.05) is 50.3 Å². The monoisotopic (exact) mass is 466 g/mol. The molecule has 0 saturated heterocycles. The molecule has 0 radical (unpaired) electrons. The minimum absolute atomic E-state index is 0.566.